The number of hydrogen-bond donors (Lipinski definition) is 0. The Kier molecular flexibility index (Phi) is 8.39. The van der Waals surface area contributed by atoms with Gasteiger partial charge in [-0.05, 0) is 116 Å². The van der Waals surface area contributed by atoms with E-state index in [1.807, 2.05) is 30.3 Å². The summed E-state index contributed by atoms with van der Waals surface area (Å²) >= 11 is 0. The van der Waals surface area contributed by atoms with Crippen LogP contribution in [0.15, 0.2) is 36.5 Å². The summed E-state index contributed by atoms with van der Waals surface area (Å²) in [5, 5.41) is 6.86. The molecule has 10 atom stereocenters. The van der Waals surface area contributed by atoms with Gasteiger partial charge in [-0.1, -0.05) is 88.1 Å². The number of rotatable bonds is 5. The summed E-state index contributed by atoms with van der Waals surface area (Å²) in [6, 6.07) is 9.72. The zero-order chi connectivity index (χ0) is 28.8. The van der Waals surface area contributed by atoms with Gasteiger partial charge in [0.05, 0.1) is 24.9 Å². The third kappa shape index (κ3) is 5.54. The predicted octanol–water partition coefficient (Wildman–Crippen LogP) is 8.95. The molecule has 2 aromatic rings. The van der Waals surface area contributed by atoms with Crippen LogP contribution in [0.2, 0.25) is 0 Å². The monoisotopic (exact) mass is 563 g/mol. The van der Waals surface area contributed by atoms with Crippen molar-refractivity contribution in [3.8, 4) is 0 Å². The van der Waals surface area contributed by atoms with Gasteiger partial charge >= 0.3 is 0 Å². The van der Waals surface area contributed by atoms with Gasteiger partial charge in [0.15, 0.2) is 0 Å². The molecule has 5 aliphatic rings. The SMILES string of the molecule is CC(C)CCC1O[C@H]2C[C@H]3[C@@H]4CCC5CCCC[C@]5(C)[C@H]4CC[C@]3(C)[C@H]2[C@@H]1C.Fc1cn(Cc2ccccc2)nn1. The van der Waals surface area contributed by atoms with Crippen molar-refractivity contribution < 1.29 is 9.13 Å². The molecule has 1 aliphatic heterocycles. The zero-order valence-electron chi connectivity index (χ0n) is 26.3. The number of halogens is 1. The largest absolute Gasteiger partial charge is 0.374 e. The highest BCUT2D eigenvalue weighted by Crippen LogP contribution is 2.70. The van der Waals surface area contributed by atoms with Gasteiger partial charge in [-0.25, -0.2) is 4.68 Å². The van der Waals surface area contributed by atoms with E-state index in [0.717, 1.165) is 47.0 Å². The van der Waals surface area contributed by atoms with E-state index < -0.39 is 5.95 Å². The van der Waals surface area contributed by atoms with E-state index in [-0.39, 0.29) is 0 Å². The van der Waals surface area contributed by atoms with Crippen molar-refractivity contribution in [1.29, 1.82) is 0 Å². The molecule has 2 heterocycles. The van der Waals surface area contributed by atoms with E-state index in [4.69, 9.17) is 4.74 Å². The highest BCUT2D eigenvalue weighted by atomic mass is 19.1. The Balaban J connectivity index is 0.000000195. The van der Waals surface area contributed by atoms with Gasteiger partial charge in [0, 0.05) is 0 Å². The lowest BCUT2D eigenvalue weighted by molar-refractivity contribution is -0.115. The Bertz CT molecular complexity index is 1150. The summed E-state index contributed by atoms with van der Waals surface area (Å²) in [4.78, 5) is 0. The van der Waals surface area contributed by atoms with E-state index in [0.29, 0.717) is 29.6 Å². The quantitative estimate of drug-likeness (QED) is 0.364. The first-order chi connectivity index (χ1) is 19.7. The van der Waals surface area contributed by atoms with E-state index in [1.54, 1.807) is 0 Å². The fourth-order valence-electron chi connectivity index (χ4n) is 10.9. The minimum atomic E-state index is -0.545. The predicted molar refractivity (Wildman–Crippen MR) is 163 cm³/mol. The van der Waals surface area contributed by atoms with Crippen LogP contribution in [-0.2, 0) is 11.3 Å². The zero-order valence-corrected chi connectivity index (χ0v) is 26.3. The lowest BCUT2D eigenvalue weighted by atomic mass is 9.44. The maximum Gasteiger partial charge on any atom is 0.252 e. The van der Waals surface area contributed by atoms with Crippen molar-refractivity contribution in [2.75, 3.05) is 0 Å². The van der Waals surface area contributed by atoms with Crippen molar-refractivity contribution in [3.05, 3.63) is 48.0 Å². The van der Waals surface area contributed by atoms with E-state index in [1.165, 1.54) is 81.5 Å². The van der Waals surface area contributed by atoms with Gasteiger partial charge < -0.3 is 4.74 Å². The molecule has 2 unspecified atom stereocenters. The fourth-order valence-corrected chi connectivity index (χ4v) is 10.9. The van der Waals surface area contributed by atoms with Crippen LogP contribution in [0.4, 0.5) is 4.39 Å². The normalized spacial score (nSPS) is 41.1. The summed E-state index contributed by atoms with van der Waals surface area (Å²) in [6.45, 7) is 13.3. The molecule has 1 aromatic carbocycles. The third-order valence-electron chi connectivity index (χ3n) is 12.9. The lowest BCUT2D eigenvalue weighted by Gasteiger charge is -2.60. The van der Waals surface area contributed by atoms with Crippen LogP contribution in [0.25, 0.3) is 0 Å². The second kappa shape index (κ2) is 11.7. The molecule has 5 fully saturated rings. The molecular weight excluding hydrogens is 509 g/mol. The van der Waals surface area contributed by atoms with Crippen LogP contribution in [0.3, 0.4) is 0 Å². The molecule has 4 nitrogen and oxygen atoms in total. The molecule has 1 aromatic heterocycles. The minimum absolute atomic E-state index is 0.541. The van der Waals surface area contributed by atoms with Crippen molar-refractivity contribution in [1.82, 2.24) is 15.0 Å². The summed E-state index contributed by atoms with van der Waals surface area (Å²) in [6.07, 6.45) is 18.6. The van der Waals surface area contributed by atoms with Gasteiger partial charge in [0.1, 0.15) is 0 Å². The Morgan fingerprint density at radius 2 is 1.80 bits per heavy atom. The third-order valence-corrected chi connectivity index (χ3v) is 12.9. The van der Waals surface area contributed by atoms with E-state index in [2.05, 4.69) is 44.9 Å². The van der Waals surface area contributed by atoms with Crippen LogP contribution in [-0.4, -0.2) is 27.2 Å². The molecule has 0 radical (unpaired) electrons. The summed E-state index contributed by atoms with van der Waals surface area (Å²) in [5.74, 6) is 5.91. The van der Waals surface area contributed by atoms with Gasteiger partial charge in [-0.15, -0.1) is 0 Å². The first kappa shape index (κ1) is 29.3. The Labute approximate surface area is 248 Å². The number of nitrogens with zero attached hydrogens (tertiary/aromatic N) is 3. The minimum Gasteiger partial charge on any atom is -0.374 e. The standard InChI is InChI=1S/C27H46O.C9H8FN3/c1-17(2)9-12-23-18(3)25-24(28-23)16-22-20-11-10-19-8-6-7-14-26(19,4)21(20)13-15-27(22,25)5;10-9-7-13(12-11-9)6-8-4-2-1-3-5-8/h17-25H,6-16H2,1-5H3;1-5,7H,6H2/t18-,19?,20-,21+,22+,23?,24+,25+,26+,27+;/m1./s1. The van der Waals surface area contributed by atoms with E-state index in [9.17, 15) is 4.39 Å². The molecule has 0 N–H and O–H groups in total. The number of aromatic nitrogens is 3. The molecular formula is C36H54FN3O. The Morgan fingerprint density at radius 1 is 1.00 bits per heavy atom. The van der Waals surface area contributed by atoms with Crippen LogP contribution >= 0.6 is 0 Å². The molecule has 226 valence electrons. The first-order valence-electron chi connectivity index (χ1n) is 16.9. The Morgan fingerprint density at radius 3 is 2.54 bits per heavy atom. The van der Waals surface area contributed by atoms with Crippen molar-refractivity contribution >= 4 is 0 Å². The molecule has 4 aliphatic carbocycles. The molecule has 0 amide bonds. The molecule has 7 rings (SSSR count). The van der Waals surface area contributed by atoms with Crippen LogP contribution in [0, 0.1) is 58.2 Å². The van der Waals surface area contributed by atoms with Gasteiger partial charge in [0.25, 0.3) is 5.95 Å². The van der Waals surface area contributed by atoms with Crippen molar-refractivity contribution in [3.63, 3.8) is 0 Å². The van der Waals surface area contributed by atoms with Gasteiger partial charge in [-0.2, -0.15) is 4.39 Å². The average molecular weight is 564 g/mol. The number of fused-ring (bicyclic) bond motifs is 7. The maximum atomic E-state index is 12.4. The van der Waals surface area contributed by atoms with Crippen molar-refractivity contribution in [2.45, 2.75) is 124 Å². The van der Waals surface area contributed by atoms with Crippen LogP contribution in [0.1, 0.15) is 111 Å². The van der Waals surface area contributed by atoms with E-state index >= 15 is 0 Å². The highest BCUT2D eigenvalue weighted by Gasteiger charge is 2.65. The van der Waals surface area contributed by atoms with Crippen LogP contribution in [0.5, 0.6) is 0 Å². The second-order valence-electron chi connectivity index (χ2n) is 15.5. The topological polar surface area (TPSA) is 39.9 Å². The van der Waals surface area contributed by atoms with Gasteiger partial charge in [0.2, 0.25) is 0 Å². The lowest BCUT2D eigenvalue weighted by Crippen LogP contribution is -2.53. The number of ether oxygens (including phenoxy) is 1. The molecule has 0 bridgehead atoms. The number of hydrogen-bond acceptors (Lipinski definition) is 3. The summed E-state index contributed by atoms with van der Waals surface area (Å²) in [5.41, 5.74) is 2.31. The first-order valence-corrected chi connectivity index (χ1v) is 16.9. The van der Waals surface area contributed by atoms with Crippen LogP contribution < -0.4 is 0 Å². The highest BCUT2D eigenvalue weighted by molar-refractivity contribution is 5.15. The second-order valence-corrected chi connectivity index (χ2v) is 15.5. The smallest absolute Gasteiger partial charge is 0.252 e. The molecule has 1 saturated heterocycles. The maximum absolute atomic E-state index is 12.4. The molecule has 5 heteroatoms. The molecule has 4 saturated carbocycles. The van der Waals surface area contributed by atoms with Gasteiger partial charge in [-0.3, -0.25) is 0 Å². The average Bonchev–Trinajstić information content (AvgIpc) is 3.60. The summed E-state index contributed by atoms with van der Waals surface area (Å²) < 4.78 is 20.7. The fraction of sp³-hybridized carbons (Fsp3) is 0.778. The summed E-state index contributed by atoms with van der Waals surface area (Å²) in [7, 11) is 0. The molecule has 41 heavy (non-hydrogen) atoms. The van der Waals surface area contributed by atoms with Crippen molar-refractivity contribution in [2.24, 2.45) is 52.3 Å². The Hall–Kier alpha value is -1.75. The number of benzene rings is 1. The molecule has 0 spiro atoms.